The van der Waals surface area contributed by atoms with E-state index in [0.717, 1.165) is 6.42 Å². The smallest absolute Gasteiger partial charge is 0.677 e. The predicted molar refractivity (Wildman–Crippen MR) is 51.9 cm³/mol. The van der Waals surface area contributed by atoms with Crippen LogP contribution in [0.2, 0.25) is 0 Å². The topological polar surface area (TPSA) is 55.3 Å². The first-order chi connectivity index (χ1) is 3.80. The Morgan fingerprint density at radius 3 is 1.69 bits per heavy atom. The zero-order valence-corrected chi connectivity index (χ0v) is 13.7. The third-order valence-electron chi connectivity index (χ3n) is 1.91. The van der Waals surface area contributed by atoms with E-state index in [1.54, 1.807) is 0 Å². The van der Waals surface area contributed by atoms with E-state index in [1.165, 1.54) is 19.3 Å². The summed E-state index contributed by atoms with van der Waals surface area (Å²) in [6, 6.07) is 0.142. The summed E-state index contributed by atoms with van der Waals surface area (Å²) in [5.74, 6) is 0.420. The number of rotatable bonds is 0. The Balaban J connectivity index is -0.0000000427. The zero-order chi connectivity index (χ0) is 5.98. The second-order valence-electron chi connectivity index (χ2n) is 2.65. The van der Waals surface area contributed by atoms with Crippen LogP contribution in [0.15, 0.2) is 0 Å². The third kappa shape index (κ3) is 11.6. The van der Waals surface area contributed by atoms with E-state index < -0.39 is 0 Å². The predicted octanol–water partition coefficient (Wildman–Crippen LogP) is 2.50. The molecule has 0 saturated heterocycles. The molecule has 0 aliphatic heterocycles. The Morgan fingerprint density at radius 2 is 1.46 bits per heavy atom. The maximum atomic E-state index is 7.42. The fourth-order valence-corrected chi connectivity index (χ4v) is 1.21. The van der Waals surface area contributed by atoms with Crippen LogP contribution in [0.1, 0.15) is 25.7 Å². The standard InChI is InChI=1S/C7H13N.2CH3.H2O.Pt.Y/c1-6-4-2-3-5-7(6)8;;;;;/h6-8H,1-5H2;2*1H3;1H2;;/q-2;2*-1;;+4;/t6-,7-;;;;;/m1...../s1. The Morgan fingerprint density at radius 1 is 1.08 bits per heavy atom. The van der Waals surface area contributed by atoms with E-state index in [-0.39, 0.29) is 80.1 Å². The van der Waals surface area contributed by atoms with Gasteiger partial charge in [0.25, 0.3) is 0 Å². The molecule has 0 aromatic rings. The quantitative estimate of drug-likeness (QED) is 0.517. The molecular formula is C9H21NOPtY. The molecule has 1 saturated carbocycles. The van der Waals surface area contributed by atoms with Crippen molar-refractivity contribution in [3.63, 3.8) is 0 Å². The molecule has 1 aliphatic carbocycles. The SMILES string of the molecule is O.[CH2-][C@@H]1CCCC[C@H]1[NH-].[CH3-].[CH3-].[Pt+4].[Y]. The van der Waals surface area contributed by atoms with Gasteiger partial charge in [0.05, 0.1) is 0 Å². The largest absolute Gasteiger partial charge is 4.00 e. The molecule has 0 heterocycles. The molecule has 1 aliphatic rings. The van der Waals surface area contributed by atoms with Crippen LogP contribution >= 0.6 is 0 Å². The molecule has 3 N–H and O–H groups in total. The molecule has 13 heavy (non-hydrogen) atoms. The fraction of sp³-hybridized carbons (Fsp3) is 0.667. The van der Waals surface area contributed by atoms with Crippen LogP contribution in [-0.2, 0) is 53.8 Å². The molecule has 1 fully saturated rings. The summed E-state index contributed by atoms with van der Waals surface area (Å²) in [7, 11) is 0. The van der Waals surface area contributed by atoms with Crippen molar-refractivity contribution in [3.8, 4) is 0 Å². The van der Waals surface area contributed by atoms with Crippen LogP contribution in [0.25, 0.3) is 5.73 Å². The van der Waals surface area contributed by atoms with Gasteiger partial charge in [-0.15, -0.1) is 0 Å². The minimum atomic E-state index is 0. The summed E-state index contributed by atoms with van der Waals surface area (Å²) in [5.41, 5.74) is 7.42. The molecule has 2 nitrogen and oxygen atoms in total. The maximum Gasteiger partial charge on any atom is 4.00 e. The maximum absolute atomic E-state index is 7.42. The molecule has 0 spiro atoms. The number of nitrogens with one attached hydrogen (secondary N) is 1. The van der Waals surface area contributed by atoms with Crippen molar-refractivity contribution >= 4 is 0 Å². The van der Waals surface area contributed by atoms with Gasteiger partial charge in [0.1, 0.15) is 0 Å². The minimum absolute atomic E-state index is 0. The third-order valence-corrected chi connectivity index (χ3v) is 1.91. The van der Waals surface area contributed by atoms with Gasteiger partial charge < -0.3 is 33.0 Å². The average molecular weight is 443 g/mol. The van der Waals surface area contributed by atoms with Gasteiger partial charge >= 0.3 is 21.1 Å². The average Bonchev–Trinajstić information content (AvgIpc) is 1.77. The number of hydrogen-bond donors (Lipinski definition) is 0. The summed E-state index contributed by atoms with van der Waals surface area (Å²) < 4.78 is 0. The normalized spacial score (nSPS) is 24.5. The van der Waals surface area contributed by atoms with Crippen LogP contribution in [0.4, 0.5) is 0 Å². The number of hydrogen-bond acceptors (Lipinski definition) is 0. The zero-order valence-electron chi connectivity index (χ0n) is 8.58. The molecule has 0 aromatic carbocycles. The molecular weight excluding hydrogens is 422 g/mol. The van der Waals surface area contributed by atoms with Gasteiger partial charge in [-0.05, 0) is 0 Å². The van der Waals surface area contributed by atoms with E-state index in [4.69, 9.17) is 5.73 Å². The van der Waals surface area contributed by atoms with E-state index in [2.05, 4.69) is 6.92 Å². The molecule has 4 heteroatoms. The molecule has 0 aromatic heterocycles. The van der Waals surface area contributed by atoms with Crippen molar-refractivity contribution in [2.45, 2.75) is 31.7 Å². The molecule has 1 radical (unpaired) electrons. The molecule has 0 unspecified atom stereocenters. The Bertz CT molecular complexity index is 76.0. The van der Waals surface area contributed by atoms with Gasteiger partial charge in [-0.3, -0.25) is 0 Å². The molecule has 81 valence electrons. The summed E-state index contributed by atoms with van der Waals surface area (Å²) in [5, 5.41) is 0. The first-order valence-electron chi connectivity index (χ1n) is 3.35. The molecule has 1 rings (SSSR count). The van der Waals surface area contributed by atoms with Crippen molar-refractivity contribution in [1.82, 2.24) is 0 Å². The van der Waals surface area contributed by atoms with Crippen molar-refractivity contribution in [2.75, 3.05) is 0 Å². The Kier molecular flexibility index (Phi) is 36.4. The van der Waals surface area contributed by atoms with Gasteiger partial charge in [-0.25, -0.2) is 0 Å². The second kappa shape index (κ2) is 16.2. The van der Waals surface area contributed by atoms with Crippen LogP contribution in [0.5, 0.6) is 0 Å². The summed E-state index contributed by atoms with van der Waals surface area (Å²) in [6.07, 6.45) is 4.80. The van der Waals surface area contributed by atoms with E-state index in [1.807, 2.05) is 0 Å². The van der Waals surface area contributed by atoms with E-state index in [9.17, 15) is 0 Å². The van der Waals surface area contributed by atoms with Crippen LogP contribution < -0.4 is 0 Å². The van der Waals surface area contributed by atoms with Crippen LogP contribution in [0, 0.1) is 27.7 Å². The van der Waals surface area contributed by atoms with Crippen molar-refractivity contribution < 1.29 is 59.3 Å². The van der Waals surface area contributed by atoms with Crippen LogP contribution in [-0.4, -0.2) is 11.5 Å². The van der Waals surface area contributed by atoms with E-state index in [0.29, 0.717) is 5.92 Å². The van der Waals surface area contributed by atoms with Gasteiger partial charge in [-0.1, -0.05) is 25.7 Å². The van der Waals surface area contributed by atoms with Crippen molar-refractivity contribution in [2.24, 2.45) is 5.92 Å². The van der Waals surface area contributed by atoms with Crippen LogP contribution in [0.3, 0.4) is 0 Å². The molecule has 0 amide bonds. The fourth-order valence-electron chi connectivity index (χ4n) is 1.21. The van der Waals surface area contributed by atoms with Gasteiger partial charge in [0, 0.05) is 32.7 Å². The summed E-state index contributed by atoms with van der Waals surface area (Å²) in [6.45, 7) is 3.89. The van der Waals surface area contributed by atoms with Crippen molar-refractivity contribution in [3.05, 3.63) is 27.5 Å². The monoisotopic (exact) mass is 443 g/mol. The molecule has 0 bridgehead atoms. The summed E-state index contributed by atoms with van der Waals surface area (Å²) in [4.78, 5) is 0. The second-order valence-corrected chi connectivity index (χ2v) is 2.65. The van der Waals surface area contributed by atoms with Gasteiger partial charge in [0.15, 0.2) is 0 Å². The minimum Gasteiger partial charge on any atom is -0.677 e. The van der Waals surface area contributed by atoms with Crippen molar-refractivity contribution in [1.29, 1.82) is 0 Å². The summed E-state index contributed by atoms with van der Waals surface area (Å²) >= 11 is 0. The Hall–Kier alpha value is 1.71. The van der Waals surface area contributed by atoms with Gasteiger partial charge in [0.2, 0.25) is 0 Å². The van der Waals surface area contributed by atoms with E-state index >= 15 is 0 Å². The Labute approximate surface area is 123 Å². The molecule has 2 atom stereocenters. The van der Waals surface area contributed by atoms with Gasteiger partial charge in [-0.2, -0.15) is 12.0 Å². The first-order valence-corrected chi connectivity index (χ1v) is 3.35. The first kappa shape index (κ1) is 29.3.